The summed E-state index contributed by atoms with van der Waals surface area (Å²) in [6.07, 6.45) is 0. The van der Waals surface area contributed by atoms with Crippen LogP contribution in [0.3, 0.4) is 0 Å². The van der Waals surface area contributed by atoms with E-state index in [0.717, 1.165) is 0 Å². The summed E-state index contributed by atoms with van der Waals surface area (Å²) < 4.78 is 0. The fourth-order valence-electron chi connectivity index (χ4n) is 6.70. The molecule has 24 N–H and O–H groups in total. The van der Waals surface area contributed by atoms with Gasteiger partial charge in [0.2, 0.25) is 0 Å². The summed E-state index contributed by atoms with van der Waals surface area (Å²) in [7, 11) is 57.4. The van der Waals surface area contributed by atoms with Crippen molar-refractivity contribution in [3.8, 4) is 0 Å². The van der Waals surface area contributed by atoms with Gasteiger partial charge in [-0.15, -0.1) is 0 Å². The molecule has 54 heteroatoms. The first-order valence-corrected chi connectivity index (χ1v) is 52.8. The average molecular weight is 2050 g/mol. The molecular weight excluding hydrogens is 1950 g/mol. The van der Waals surface area contributed by atoms with E-state index in [1.54, 1.807) is 0 Å². The van der Waals surface area contributed by atoms with Crippen molar-refractivity contribution >= 4 is 189 Å². The van der Waals surface area contributed by atoms with Gasteiger partial charge in [-0.2, -0.15) is 0 Å². The number of hydrogen-bond acceptors (Lipinski definition) is 24. The van der Waals surface area contributed by atoms with Crippen molar-refractivity contribution in [2.24, 2.45) is 0 Å². The molecule has 0 aromatic heterocycles. The Kier molecular flexibility index (Phi) is 108. The third-order valence-electron chi connectivity index (χ3n) is 11.2. The van der Waals surface area contributed by atoms with E-state index in [2.05, 4.69) is 128 Å². The molecule has 3 aliphatic rings. The van der Waals surface area contributed by atoms with Crippen molar-refractivity contribution in [1.82, 2.24) is 128 Å². The first-order chi connectivity index (χ1) is 49.3. The second-order valence-electron chi connectivity index (χ2n) is 18.4. The van der Waals surface area contributed by atoms with E-state index in [-0.39, 0.29) is 0 Å². The second-order valence-corrected chi connectivity index (χ2v) is 31.8. The molecule has 3 aliphatic heterocycles. The fourth-order valence-corrected chi connectivity index (χ4v) is 6.70. The number of halogens is 12. The molecule has 0 atom stereocenters. The Balaban J connectivity index is -0.000000302. The summed E-state index contributed by atoms with van der Waals surface area (Å²) in [6.45, 7) is 18.5. The van der Waals surface area contributed by atoms with Gasteiger partial charge in [-0.3, -0.25) is 57.5 Å². The number of rotatable bonds is 0. The van der Waals surface area contributed by atoms with E-state index in [0.29, 0.717) is 287 Å². The molecule has 0 spiro atoms. The SMILES string of the molecule is O=C1NCCNCCNCCNC(=O)C(=O)NCCNCCNCCNC1=O.O=C1NCCNCCNCCNC(=O)C(=O)NCCNCCNCCNC1=O.O=C1NCCNCCNCCNC(=O)C(=O)NCCNCCNCCNC1=O.[Cl][Co][Cl].[Cl][Co][Cl].[Cl][Nb][Cl].[Cl][Nb][Cl].[Cl][Ni][Cl].[Cl][Ni][Cl]. The van der Waals surface area contributed by atoms with Gasteiger partial charge in [0.15, 0.2) is 0 Å². The van der Waals surface area contributed by atoms with Crippen LogP contribution in [-0.4, -0.2) is 306 Å². The summed E-state index contributed by atoms with van der Waals surface area (Å²) in [4.78, 5) is 139. The number of carbonyl (C=O) groups excluding carboxylic acids is 12. The van der Waals surface area contributed by atoms with Crippen LogP contribution in [0.15, 0.2) is 0 Å². The zero-order chi connectivity index (χ0) is 77.6. The number of hydrogen-bond donors (Lipinski definition) is 24. The summed E-state index contributed by atoms with van der Waals surface area (Å²) in [5.41, 5.74) is 0. The van der Waals surface area contributed by atoms with Gasteiger partial charge in [0.25, 0.3) is 0 Å². The Morgan fingerprint density at radius 3 is 0.294 bits per heavy atom. The zero-order valence-corrected chi connectivity index (χ0v) is 72.6. The number of nitrogens with one attached hydrogen (secondary N) is 24. The van der Waals surface area contributed by atoms with Gasteiger partial charge < -0.3 is 128 Å². The minimum atomic E-state index is -0.706. The Morgan fingerprint density at radius 1 is 0.186 bits per heavy atom. The molecule has 0 radical (unpaired) electrons. The van der Waals surface area contributed by atoms with Crippen LogP contribution in [0.4, 0.5) is 0 Å². The van der Waals surface area contributed by atoms with Gasteiger partial charge in [0, 0.05) is 236 Å². The molecule has 0 bridgehead atoms. The van der Waals surface area contributed by atoms with Gasteiger partial charge in [0.1, 0.15) is 0 Å². The second kappa shape index (κ2) is 97.2. The molecule has 36 nitrogen and oxygen atoms in total. The molecular formula is C48H96Cl12Co2N24Nb2Ni2O12. The molecule has 102 heavy (non-hydrogen) atoms. The van der Waals surface area contributed by atoms with Crippen LogP contribution in [-0.2, 0) is 144 Å². The predicted molar refractivity (Wildman–Crippen MR) is 381 cm³/mol. The summed E-state index contributed by atoms with van der Waals surface area (Å²) in [5, 5.41) is 67.8. The molecule has 0 saturated carbocycles. The van der Waals surface area contributed by atoms with Crippen molar-refractivity contribution < 1.29 is 144 Å². The first-order valence-electron chi connectivity index (χ1n) is 30.3. The van der Waals surface area contributed by atoms with Gasteiger partial charge in [-0.25, -0.2) is 0 Å². The fraction of sp³-hybridized carbons (Fsp3) is 0.750. The summed E-state index contributed by atoms with van der Waals surface area (Å²) in [6, 6.07) is 0. The van der Waals surface area contributed by atoms with Crippen molar-refractivity contribution in [2.45, 2.75) is 0 Å². The van der Waals surface area contributed by atoms with E-state index in [4.69, 9.17) is 118 Å². The van der Waals surface area contributed by atoms with Gasteiger partial charge in [-0.05, 0) is 0 Å². The quantitative estimate of drug-likeness (QED) is 0.0791. The van der Waals surface area contributed by atoms with Gasteiger partial charge in [0.05, 0.1) is 0 Å². The molecule has 0 unspecified atom stereocenters. The standard InChI is InChI=1S/3C16H32N8O4.12ClH.2Co.2Nb.2Ni/c3*25-13-14(26)23-11-7-19-3-4-20-8-12-24-16(28)15(27)22-10-6-18-2-1-17-5-9-21-13;;;;;;;;;;;;;;;;;;/h3*17-20H,1-12H2,(H,21,25)(H,22,27)(H,23,26)(H,24,28);12*1H;;;;;;/q;;;;;;;;;;;;;;;6*+2/p-12. The number of carbonyl (C=O) groups is 12. The summed E-state index contributed by atoms with van der Waals surface area (Å²) in [5.74, 6) is -7.74. The maximum atomic E-state index is 11.6. The van der Waals surface area contributed by atoms with E-state index in [9.17, 15) is 57.5 Å². The van der Waals surface area contributed by atoms with E-state index >= 15 is 0 Å². The van der Waals surface area contributed by atoms with Crippen molar-refractivity contribution in [3.05, 3.63) is 0 Å². The van der Waals surface area contributed by atoms with Crippen LogP contribution in [0.5, 0.6) is 0 Å². The maximum absolute atomic E-state index is 11.6. The molecule has 0 aromatic rings. The van der Waals surface area contributed by atoms with Gasteiger partial charge >= 0.3 is 275 Å². The van der Waals surface area contributed by atoms with Crippen LogP contribution >= 0.6 is 118 Å². The molecule has 3 saturated heterocycles. The molecule has 0 aliphatic carbocycles. The average Bonchev–Trinajstić information content (AvgIpc) is 1.17. The van der Waals surface area contributed by atoms with E-state index in [1.165, 1.54) is 0 Å². The van der Waals surface area contributed by atoms with Crippen LogP contribution in [0, 0.1) is 0 Å². The Morgan fingerprint density at radius 2 is 0.235 bits per heavy atom. The topological polar surface area (TPSA) is 494 Å². The minimum absolute atomic E-state index is 0.349. The van der Waals surface area contributed by atoms with Crippen molar-refractivity contribution in [1.29, 1.82) is 0 Å². The van der Waals surface area contributed by atoms with Crippen molar-refractivity contribution in [3.63, 3.8) is 0 Å². The molecule has 3 heterocycles. The molecule has 3 rings (SSSR count). The van der Waals surface area contributed by atoms with Crippen LogP contribution < -0.4 is 128 Å². The monoisotopic (exact) mass is 2040 g/mol. The first kappa shape index (κ1) is 113. The molecule has 612 valence electrons. The Hall–Kier alpha value is 0.121. The van der Waals surface area contributed by atoms with E-state index in [1.807, 2.05) is 0 Å². The predicted octanol–water partition coefficient (Wildman–Crippen LogP) is -7.27. The Bertz CT molecular complexity index is 1640. The van der Waals surface area contributed by atoms with Crippen LogP contribution in [0.25, 0.3) is 0 Å². The normalized spacial score (nSPS) is 18.8. The molecule has 12 amide bonds. The molecule has 3 fully saturated rings. The van der Waals surface area contributed by atoms with Crippen LogP contribution in [0.2, 0.25) is 0 Å². The van der Waals surface area contributed by atoms with Crippen LogP contribution in [0.1, 0.15) is 0 Å². The van der Waals surface area contributed by atoms with Gasteiger partial charge in [-0.1, -0.05) is 0 Å². The number of amides is 12. The van der Waals surface area contributed by atoms with E-state index < -0.39 is 106 Å². The third-order valence-corrected chi connectivity index (χ3v) is 11.2. The Labute approximate surface area is 688 Å². The third kappa shape index (κ3) is 94.3. The van der Waals surface area contributed by atoms with Crippen molar-refractivity contribution in [2.75, 3.05) is 236 Å². The zero-order valence-electron chi connectivity index (χ0n) is 55.1. The summed E-state index contributed by atoms with van der Waals surface area (Å²) >= 11 is 0.492. The molecule has 0 aromatic carbocycles.